The van der Waals surface area contributed by atoms with Gasteiger partial charge in [0.1, 0.15) is 16.7 Å². The summed E-state index contributed by atoms with van der Waals surface area (Å²) in [5.74, 6) is 6.60. The van der Waals surface area contributed by atoms with Gasteiger partial charge in [-0.15, -0.1) is 0 Å². The highest BCUT2D eigenvalue weighted by atomic mass is 35.5. The van der Waals surface area contributed by atoms with E-state index in [1.54, 1.807) is 42.7 Å². The first-order valence-corrected chi connectivity index (χ1v) is 11.3. The Morgan fingerprint density at radius 1 is 1.00 bits per heavy atom. The maximum Gasteiger partial charge on any atom is 0.175 e. The molecule has 1 aromatic carbocycles. The quantitative estimate of drug-likeness (QED) is 0.361. The fraction of sp³-hybridized carbons (Fsp3) is 0.0455. The smallest absolute Gasteiger partial charge is 0.175 e. The molecule has 0 spiro atoms. The van der Waals surface area contributed by atoms with E-state index < -0.39 is 9.84 Å². The van der Waals surface area contributed by atoms with Crippen molar-refractivity contribution in [3.05, 3.63) is 77.5 Å². The van der Waals surface area contributed by atoms with Crippen LogP contribution in [0.1, 0.15) is 11.3 Å². The predicted molar refractivity (Wildman–Crippen MR) is 122 cm³/mol. The molecule has 31 heavy (non-hydrogen) atoms. The van der Waals surface area contributed by atoms with Crippen LogP contribution in [-0.4, -0.2) is 29.6 Å². The van der Waals surface area contributed by atoms with Crippen molar-refractivity contribution in [3.8, 4) is 11.8 Å². The zero-order chi connectivity index (χ0) is 22.0. The van der Waals surface area contributed by atoms with Gasteiger partial charge in [-0.05, 0) is 48.4 Å². The highest BCUT2D eigenvalue weighted by Gasteiger charge is 2.08. The number of sulfone groups is 1. The number of fused-ring (bicyclic) bond motifs is 1. The number of nitrogens with two attached hydrogens (primary N) is 1. The van der Waals surface area contributed by atoms with Gasteiger partial charge in [0.25, 0.3) is 0 Å². The second kappa shape index (κ2) is 8.22. The van der Waals surface area contributed by atoms with Gasteiger partial charge in [0.05, 0.1) is 22.3 Å². The maximum absolute atomic E-state index is 11.6. The summed E-state index contributed by atoms with van der Waals surface area (Å²) in [5.41, 5.74) is 8.17. The molecule has 3 N–H and O–H groups in total. The number of hydrogen-bond acceptors (Lipinski definition) is 7. The topological polar surface area (TPSA) is 111 Å². The number of hydrogen-bond donors (Lipinski definition) is 2. The van der Waals surface area contributed by atoms with Crippen LogP contribution in [0.3, 0.4) is 0 Å². The molecule has 7 nitrogen and oxygen atoms in total. The van der Waals surface area contributed by atoms with Crippen LogP contribution < -0.4 is 11.1 Å². The van der Waals surface area contributed by atoms with E-state index in [0.29, 0.717) is 33.6 Å². The summed E-state index contributed by atoms with van der Waals surface area (Å²) in [6, 6.07) is 11.7. The van der Waals surface area contributed by atoms with Crippen molar-refractivity contribution >= 4 is 49.4 Å². The van der Waals surface area contributed by atoms with Crippen LogP contribution in [0, 0.1) is 11.8 Å². The van der Waals surface area contributed by atoms with Crippen molar-refractivity contribution in [2.24, 2.45) is 0 Å². The van der Waals surface area contributed by atoms with Gasteiger partial charge in [0.2, 0.25) is 0 Å². The third kappa shape index (κ3) is 4.74. The predicted octanol–water partition coefficient (Wildman–Crippen LogP) is 3.81. The Labute approximate surface area is 184 Å². The van der Waals surface area contributed by atoms with E-state index in [1.165, 1.54) is 12.5 Å². The van der Waals surface area contributed by atoms with E-state index in [4.69, 9.17) is 17.3 Å². The van der Waals surface area contributed by atoms with Crippen LogP contribution in [0.4, 0.5) is 17.2 Å². The minimum atomic E-state index is -3.25. The average molecular weight is 450 g/mol. The number of pyridine rings is 3. The Morgan fingerprint density at radius 3 is 2.52 bits per heavy atom. The van der Waals surface area contributed by atoms with Crippen LogP contribution in [-0.2, 0) is 9.84 Å². The lowest BCUT2D eigenvalue weighted by atomic mass is 10.1. The van der Waals surface area contributed by atoms with Crippen LogP contribution >= 0.6 is 11.6 Å². The molecule has 0 aliphatic heterocycles. The fourth-order valence-corrected chi connectivity index (χ4v) is 3.63. The summed E-state index contributed by atoms with van der Waals surface area (Å²) in [6.07, 6.45) is 6.01. The molecule has 0 atom stereocenters. The number of aromatic nitrogens is 3. The first-order valence-electron chi connectivity index (χ1n) is 9.04. The largest absolute Gasteiger partial charge is 0.396 e. The SMILES string of the molecule is CS(=O)(=O)c1ccc(Nc2cc3c(C#Cc4cc(Cl)ncc4N)nccc3cn2)cc1. The summed E-state index contributed by atoms with van der Waals surface area (Å²) >= 11 is 5.93. The molecule has 3 heterocycles. The molecule has 4 rings (SSSR count). The van der Waals surface area contributed by atoms with E-state index >= 15 is 0 Å². The number of anilines is 3. The monoisotopic (exact) mass is 449 g/mol. The van der Waals surface area contributed by atoms with Crippen LogP contribution in [0.15, 0.2) is 66.0 Å². The van der Waals surface area contributed by atoms with Gasteiger partial charge < -0.3 is 11.1 Å². The molecule has 0 aliphatic rings. The van der Waals surface area contributed by atoms with Gasteiger partial charge in [-0.3, -0.25) is 0 Å². The van der Waals surface area contributed by atoms with Crippen LogP contribution in [0.25, 0.3) is 10.8 Å². The zero-order valence-corrected chi connectivity index (χ0v) is 17.9. The zero-order valence-electron chi connectivity index (χ0n) is 16.3. The van der Waals surface area contributed by atoms with Gasteiger partial charge in [-0.25, -0.2) is 23.4 Å². The lowest BCUT2D eigenvalue weighted by Gasteiger charge is -2.08. The molecule has 0 radical (unpaired) electrons. The van der Waals surface area contributed by atoms with Crippen molar-refractivity contribution in [1.82, 2.24) is 15.0 Å². The summed E-state index contributed by atoms with van der Waals surface area (Å²) < 4.78 is 23.2. The molecular weight excluding hydrogens is 434 g/mol. The number of halogens is 1. The summed E-state index contributed by atoms with van der Waals surface area (Å²) in [7, 11) is -3.25. The normalized spacial score (nSPS) is 11.0. The lowest BCUT2D eigenvalue weighted by Crippen LogP contribution is -1.98. The third-order valence-electron chi connectivity index (χ3n) is 4.42. The fourth-order valence-electron chi connectivity index (χ4n) is 2.84. The van der Waals surface area contributed by atoms with Crippen molar-refractivity contribution in [3.63, 3.8) is 0 Å². The first kappa shape index (κ1) is 20.6. The second-order valence-electron chi connectivity index (χ2n) is 6.72. The number of rotatable bonds is 3. The van der Waals surface area contributed by atoms with Crippen LogP contribution in [0.5, 0.6) is 0 Å². The summed E-state index contributed by atoms with van der Waals surface area (Å²) in [6.45, 7) is 0. The van der Waals surface area contributed by atoms with E-state index in [2.05, 4.69) is 32.1 Å². The standard InChI is InChI=1S/C22H16ClN5O2S/c1-31(29,30)17-5-3-16(4-6-17)28-22-11-18-15(12-27-22)8-9-25-20(18)7-2-14-10-21(23)26-13-19(14)24/h3-6,8-13H,24H2,1H3,(H,27,28). The molecule has 0 saturated heterocycles. The van der Waals surface area contributed by atoms with Crippen molar-refractivity contribution in [1.29, 1.82) is 0 Å². The Balaban J connectivity index is 1.68. The Bertz CT molecular complexity index is 1460. The van der Waals surface area contributed by atoms with Gasteiger partial charge in [0.15, 0.2) is 9.84 Å². The molecule has 9 heteroatoms. The minimum Gasteiger partial charge on any atom is -0.396 e. The molecule has 0 fully saturated rings. The molecule has 4 aromatic rings. The van der Waals surface area contributed by atoms with Gasteiger partial charge in [0, 0.05) is 35.1 Å². The number of nitrogens with one attached hydrogen (secondary N) is 1. The Kier molecular flexibility index (Phi) is 5.46. The first-order chi connectivity index (χ1) is 14.8. The Hall–Kier alpha value is -3.67. The molecular formula is C22H16ClN5O2S. The van der Waals surface area contributed by atoms with E-state index in [1.807, 2.05) is 12.1 Å². The number of nitrogens with zero attached hydrogens (tertiary/aromatic N) is 3. The summed E-state index contributed by atoms with van der Waals surface area (Å²) in [5, 5.41) is 5.15. The average Bonchev–Trinajstić information content (AvgIpc) is 2.74. The Morgan fingerprint density at radius 2 is 1.77 bits per heavy atom. The van der Waals surface area contributed by atoms with E-state index in [0.717, 1.165) is 10.8 Å². The maximum atomic E-state index is 11.6. The van der Waals surface area contributed by atoms with E-state index in [-0.39, 0.29) is 4.90 Å². The minimum absolute atomic E-state index is 0.252. The van der Waals surface area contributed by atoms with Crippen molar-refractivity contribution < 1.29 is 8.42 Å². The van der Waals surface area contributed by atoms with Gasteiger partial charge >= 0.3 is 0 Å². The highest BCUT2D eigenvalue weighted by Crippen LogP contribution is 2.23. The van der Waals surface area contributed by atoms with Gasteiger partial charge in [-0.1, -0.05) is 17.5 Å². The molecule has 3 aromatic heterocycles. The molecule has 0 saturated carbocycles. The summed E-state index contributed by atoms with van der Waals surface area (Å²) in [4.78, 5) is 13.0. The van der Waals surface area contributed by atoms with Crippen molar-refractivity contribution in [2.45, 2.75) is 4.90 Å². The van der Waals surface area contributed by atoms with Crippen molar-refractivity contribution in [2.75, 3.05) is 17.3 Å². The third-order valence-corrected chi connectivity index (χ3v) is 5.75. The molecule has 0 aliphatic carbocycles. The second-order valence-corrected chi connectivity index (χ2v) is 9.12. The molecule has 0 unspecified atom stereocenters. The molecule has 154 valence electrons. The van der Waals surface area contributed by atoms with Crippen LogP contribution in [0.2, 0.25) is 5.15 Å². The molecule has 0 amide bonds. The van der Waals surface area contributed by atoms with E-state index in [9.17, 15) is 8.42 Å². The number of nitrogen functional groups attached to an aromatic ring is 1. The molecule has 0 bridgehead atoms. The number of benzene rings is 1. The van der Waals surface area contributed by atoms with Gasteiger partial charge in [-0.2, -0.15) is 0 Å². The highest BCUT2D eigenvalue weighted by molar-refractivity contribution is 7.90. The lowest BCUT2D eigenvalue weighted by molar-refractivity contribution is 0.602.